The van der Waals surface area contributed by atoms with Gasteiger partial charge in [0.1, 0.15) is 6.61 Å². The molecule has 1 rings (SSSR count). The molecule has 1 N–H and O–H groups in total. The highest BCUT2D eigenvalue weighted by Crippen LogP contribution is 2.14. The van der Waals surface area contributed by atoms with Gasteiger partial charge in [-0.25, -0.2) is 0 Å². The largest absolute Gasteiger partial charge is 0.369 e. The summed E-state index contributed by atoms with van der Waals surface area (Å²) in [5.74, 6) is 0.702. The number of nitrogens with zero attached hydrogens (tertiary/aromatic N) is 1. The SMILES string of the molecule is CC(C)OCC(=O)N(CC1CCCNC1)C(C)C. The molecule has 1 unspecified atom stereocenters. The Kier molecular flexibility index (Phi) is 6.65. The number of carbonyl (C=O) groups excluding carboxylic acids is 1. The topological polar surface area (TPSA) is 41.6 Å². The summed E-state index contributed by atoms with van der Waals surface area (Å²) in [4.78, 5) is 14.1. The van der Waals surface area contributed by atoms with Crippen LogP contribution in [0.25, 0.3) is 0 Å². The number of amides is 1. The van der Waals surface area contributed by atoms with Gasteiger partial charge in [0.15, 0.2) is 0 Å². The second-order valence-corrected chi connectivity index (χ2v) is 5.71. The normalized spacial score (nSPS) is 20.4. The van der Waals surface area contributed by atoms with Crippen molar-refractivity contribution < 1.29 is 9.53 Å². The quantitative estimate of drug-likeness (QED) is 0.785. The fourth-order valence-electron chi connectivity index (χ4n) is 2.28. The molecule has 0 aromatic rings. The fourth-order valence-corrected chi connectivity index (χ4v) is 2.28. The van der Waals surface area contributed by atoms with Gasteiger partial charge in [-0.15, -0.1) is 0 Å². The van der Waals surface area contributed by atoms with Crippen molar-refractivity contribution in [2.45, 2.75) is 52.7 Å². The number of nitrogens with one attached hydrogen (secondary N) is 1. The van der Waals surface area contributed by atoms with Crippen LogP contribution in [0.1, 0.15) is 40.5 Å². The van der Waals surface area contributed by atoms with Crippen molar-refractivity contribution >= 4 is 5.91 Å². The van der Waals surface area contributed by atoms with Crippen LogP contribution in [-0.2, 0) is 9.53 Å². The van der Waals surface area contributed by atoms with Gasteiger partial charge >= 0.3 is 0 Å². The van der Waals surface area contributed by atoms with Crippen molar-refractivity contribution in [2.75, 3.05) is 26.2 Å². The zero-order valence-electron chi connectivity index (χ0n) is 12.2. The van der Waals surface area contributed by atoms with Gasteiger partial charge in [0.2, 0.25) is 5.91 Å². The smallest absolute Gasteiger partial charge is 0.248 e. The minimum atomic E-state index is 0.110. The zero-order chi connectivity index (χ0) is 13.5. The fraction of sp³-hybridized carbons (Fsp3) is 0.929. The minimum absolute atomic E-state index is 0.110. The third-order valence-corrected chi connectivity index (χ3v) is 3.34. The molecule has 1 amide bonds. The highest BCUT2D eigenvalue weighted by Gasteiger charge is 2.22. The number of rotatable bonds is 6. The molecular weight excluding hydrogens is 228 g/mol. The Hall–Kier alpha value is -0.610. The van der Waals surface area contributed by atoms with E-state index < -0.39 is 0 Å². The number of hydrogen-bond donors (Lipinski definition) is 1. The minimum Gasteiger partial charge on any atom is -0.369 e. The second-order valence-electron chi connectivity index (χ2n) is 5.71. The van der Waals surface area contributed by atoms with Crippen LogP contribution in [0.3, 0.4) is 0 Å². The summed E-state index contributed by atoms with van der Waals surface area (Å²) in [7, 11) is 0. The molecule has 1 fully saturated rings. The van der Waals surface area contributed by atoms with Gasteiger partial charge in [-0.05, 0) is 59.5 Å². The van der Waals surface area contributed by atoms with Crippen LogP contribution in [0, 0.1) is 5.92 Å². The molecule has 1 atom stereocenters. The Bertz CT molecular complexity index is 248. The maximum atomic E-state index is 12.1. The summed E-state index contributed by atoms with van der Waals surface area (Å²) in [6, 6.07) is 0.246. The summed E-state index contributed by atoms with van der Waals surface area (Å²) in [5.41, 5.74) is 0. The molecule has 1 saturated heterocycles. The highest BCUT2D eigenvalue weighted by atomic mass is 16.5. The lowest BCUT2D eigenvalue weighted by Crippen LogP contribution is -2.45. The average molecular weight is 256 g/mol. The third kappa shape index (κ3) is 5.36. The lowest BCUT2D eigenvalue weighted by atomic mass is 9.98. The lowest BCUT2D eigenvalue weighted by Gasteiger charge is -2.33. The Balaban J connectivity index is 2.44. The van der Waals surface area contributed by atoms with Crippen LogP contribution in [0.2, 0.25) is 0 Å². The Morgan fingerprint density at radius 3 is 2.61 bits per heavy atom. The predicted octanol–water partition coefficient (Wildman–Crippen LogP) is 1.65. The van der Waals surface area contributed by atoms with E-state index in [4.69, 9.17) is 4.74 Å². The highest BCUT2D eigenvalue weighted by molar-refractivity contribution is 5.77. The molecule has 106 valence electrons. The van der Waals surface area contributed by atoms with Gasteiger partial charge < -0.3 is 15.0 Å². The van der Waals surface area contributed by atoms with Crippen LogP contribution in [0.5, 0.6) is 0 Å². The molecule has 0 aliphatic carbocycles. The van der Waals surface area contributed by atoms with E-state index in [0.717, 1.165) is 19.6 Å². The molecule has 1 aliphatic heterocycles. The second kappa shape index (κ2) is 7.74. The number of hydrogen-bond acceptors (Lipinski definition) is 3. The standard InChI is InChI=1S/C14H28N2O2/c1-11(2)16(14(17)10-18-12(3)4)9-13-6-5-7-15-8-13/h11-13,15H,5-10H2,1-4H3. The molecule has 4 heteroatoms. The van der Waals surface area contributed by atoms with Gasteiger partial charge in [0.05, 0.1) is 6.10 Å². The Labute approximate surface area is 111 Å². The van der Waals surface area contributed by atoms with Crippen LogP contribution in [0.15, 0.2) is 0 Å². The molecule has 18 heavy (non-hydrogen) atoms. The van der Waals surface area contributed by atoms with Crippen molar-refractivity contribution in [3.05, 3.63) is 0 Å². The van der Waals surface area contributed by atoms with Crippen molar-refractivity contribution in [1.82, 2.24) is 10.2 Å². The van der Waals surface area contributed by atoms with Crippen LogP contribution >= 0.6 is 0 Å². The first kappa shape index (κ1) is 15.4. The molecule has 0 bridgehead atoms. The number of carbonyl (C=O) groups is 1. The molecular formula is C14H28N2O2. The van der Waals surface area contributed by atoms with Gasteiger partial charge in [-0.1, -0.05) is 0 Å². The van der Waals surface area contributed by atoms with E-state index in [-0.39, 0.29) is 24.7 Å². The van der Waals surface area contributed by atoms with E-state index in [2.05, 4.69) is 19.2 Å². The molecule has 4 nitrogen and oxygen atoms in total. The van der Waals surface area contributed by atoms with Gasteiger partial charge in [-0.3, -0.25) is 4.79 Å². The van der Waals surface area contributed by atoms with E-state index in [1.807, 2.05) is 18.7 Å². The first-order valence-electron chi connectivity index (χ1n) is 7.12. The average Bonchev–Trinajstić information content (AvgIpc) is 2.34. The summed E-state index contributed by atoms with van der Waals surface area (Å²) < 4.78 is 5.42. The van der Waals surface area contributed by atoms with Crippen LogP contribution in [-0.4, -0.2) is 49.2 Å². The van der Waals surface area contributed by atoms with E-state index >= 15 is 0 Å². The van der Waals surface area contributed by atoms with Crippen molar-refractivity contribution in [3.8, 4) is 0 Å². The van der Waals surface area contributed by atoms with Crippen molar-refractivity contribution in [2.24, 2.45) is 5.92 Å². The predicted molar refractivity (Wildman–Crippen MR) is 73.5 cm³/mol. The van der Waals surface area contributed by atoms with Gasteiger partial charge in [0, 0.05) is 12.6 Å². The number of ether oxygens (including phenoxy) is 1. The Morgan fingerprint density at radius 1 is 1.39 bits per heavy atom. The van der Waals surface area contributed by atoms with E-state index in [9.17, 15) is 4.79 Å². The van der Waals surface area contributed by atoms with Crippen molar-refractivity contribution in [1.29, 1.82) is 0 Å². The summed E-state index contributed by atoms with van der Waals surface area (Å²) in [6.45, 7) is 11.3. The molecule has 1 aliphatic rings. The zero-order valence-corrected chi connectivity index (χ0v) is 12.2. The molecule has 0 aromatic heterocycles. The lowest BCUT2D eigenvalue weighted by molar-refractivity contribution is -0.140. The maximum Gasteiger partial charge on any atom is 0.248 e. The van der Waals surface area contributed by atoms with E-state index in [1.54, 1.807) is 0 Å². The summed E-state index contributed by atoms with van der Waals surface area (Å²) in [6.07, 6.45) is 2.54. The molecule has 0 spiro atoms. The summed E-state index contributed by atoms with van der Waals surface area (Å²) >= 11 is 0. The van der Waals surface area contributed by atoms with Crippen LogP contribution in [0.4, 0.5) is 0 Å². The molecule has 0 aromatic carbocycles. The molecule has 0 radical (unpaired) electrons. The first-order chi connectivity index (χ1) is 8.50. The van der Waals surface area contributed by atoms with E-state index in [1.165, 1.54) is 12.8 Å². The molecule has 0 saturated carbocycles. The first-order valence-corrected chi connectivity index (χ1v) is 7.12. The monoisotopic (exact) mass is 256 g/mol. The van der Waals surface area contributed by atoms with E-state index in [0.29, 0.717) is 5.92 Å². The van der Waals surface area contributed by atoms with Crippen molar-refractivity contribution in [3.63, 3.8) is 0 Å². The maximum absolute atomic E-state index is 12.1. The van der Waals surface area contributed by atoms with Gasteiger partial charge in [0.25, 0.3) is 0 Å². The third-order valence-electron chi connectivity index (χ3n) is 3.34. The summed E-state index contributed by atoms with van der Waals surface area (Å²) in [5, 5.41) is 3.40. The number of piperidine rings is 1. The molecule has 1 heterocycles. The van der Waals surface area contributed by atoms with Gasteiger partial charge in [-0.2, -0.15) is 0 Å². The van der Waals surface area contributed by atoms with Crippen LogP contribution < -0.4 is 5.32 Å². The Morgan fingerprint density at radius 2 is 2.11 bits per heavy atom.